The lowest BCUT2D eigenvalue weighted by molar-refractivity contribution is -0.716. The van der Waals surface area contributed by atoms with E-state index in [1.54, 1.807) is 0 Å². The van der Waals surface area contributed by atoms with Crippen LogP contribution in [0, 0.1) is 0 Å². The van der Waals surface area contributed by atoms with Crippen LogP contribution >= 0.6 is 0 Å². The molecule has 2 nitrogen and oxygen atoms in total. The molecular formula is C11H21N2+. The highest BCUT2D eigenvalue weighted by Gasteiger charge is 2.23. The maximum atomic E-state index is 2.28. The number of aromatic nitrogens is 2. The van der Waals surface area contributed by atoms with Gasteiger partial charge in [0, 0.05) is 0 Å². The molecule has 13 heavy (non-hydrogen) atoms. The fourth-order valence-electron chi connectivity index (χ4n) is 1.22. The summed E-state index contributed by atoms with van der Waals surface area (Å²) in [5, 5.41) is 0. The summed E-state index contributed by atoms with van der Waals surface area (Å²) in [5.74, 6) is 0. The summed E-state index contributed by atoms with van der Waals surface area (Å²) < 4.78 is 4.52. The third-order valence-corrected chi connectivity index (χ3v) is 2.82. The minimum atomic E-state index is 0.236. The number of rotatable bonds is 3. The summed E-state index contributed by atoms with van der Waals surface area (Å²) in [7, 11) is 0. The number of nitrogens with zero attached hydrogens (tertiary/aromatic N) is 2. The normalized spacial score (nSPS) is 12.5. The van der Waals surface area contributed by atoms with Crippen LogP contribution in [-0.4, -0.2) is 4.57 Å². The number of hydrogen-bond acceptors (Lipinski definition) is 0. The fraction of sp³-hybridized carbons (Fsp3) is 0.727. The second-order valence-electron chi connectivity index (χ2n) is 4.53. The highest BCUT2D eigenvalue weighted by Crippen LogP contribution is 2.17. The summed E-state index contributed by atoms with van der Waals surface area (Å²) in [4.78, 5) is 0. The van der Waals surface area contributed by atoms with E-state index in [0.717, 1.165) is 6.42 Å². The second kappa shape index (κ2) is 3.52. The quantitative estimate of drug-likeness (QED) is 0.634. The van der Waals surface area contributed by atoms with Crippen molar-refractivity contribution in [2.24, 2.45) is 0 Å². The molecule has 0 unspecified atom stereocenters. The van der Waals surface area contributed by atoms with Gasteiger partial charge in [-0.15, -0.1) is 0 Å². The predicted octanol–water partition coefficient (Wildman–Crippen LogP) is 2.50. The van der Waals surface area contributed by atoms with Gasteiger partial charge in [0.25, 0.3) is 0 Å². The van der Waals surface area contributed by atoms with E-state index in [1.807, 2.05) is 0 Å². The van der Waals surface area contributed by atoms with Gasteiger partial charge in [0.1, 0.15) is 17.9 Å². The molecule has 0 saturated carbocycles. The van der Waals surface area contributed by atoms with Crippen molar-refractivity contribution in [2.75, 3.05) is 0 Å². The van der Waals surface area contributed by atoms with Gasteiger partial charge in [0.15, 0.2) is 0 Å². The first-order chi connectivity index (χ1) is 5.97. The average molecular weight is 181 g/mol. The van der Waals surface area contributed by atoms with E-state index in [9.17, 15) is 0 Å². The van der Waals surface area contributed by atoms with Gasteiger partial charge < -0.3 is 0 Å². The summed E-state index contributed by atoms with van der Waals surface area (Å²) in [6.45, 7) is 11.1. The predicted molar refractivity (Wildman–Crippen MR) is 54.6 cm³/mol. The van der Waals surface area contributed by atoms with Gasteiger partial charge in [0.05, 0.1) is 6.04 Å². The SMILES string of the molecule is CCC(C)(C)n1cc[n+](C(C)C)c1. The molecule has 0 aliphatic carbocycles. The van der Waals surface area contributed by atoms with Crippen molar-refractivity contribution in [3.8, 4) is 0 Å². The minimum absolute atomic E-state index is 0.236. The van der Waals surface area contributed by atoms with E-state index in [-0.39, 0.29) is 5.54 Å². The topological polar surface area (TPSA) is 8.81 Å². The van der Waals surface area contributed by atoms with Gasteiger partial charge in [-0.3, -0.25) is 0 Å². The summed E-state index contributed by atoms with van der Waals surface area (Å²) in [5.41, 5.74) is 0.236. The van der Waals surface area contributed by atoms with E-state index in [2.05, 4.69) is 62.5 Å². The minimum Gasteiger partial charge on any atom is -0.235 e. The van der Waals surface area contributed by atoms with Crippen LogP contribution in [0.25, 0.3) is 0 Å². The zero-order valence-electron chi connectivity index (χ0n) is 9.41. The first kappa shape index (κ1) is 10.3. The van der Waals surface area contributed by atoms with Crippen LogP contribution in [0.4, 0.5) is 0 Å². The molecular weight excluding hydrogens is 160 g/mol. The van der Waals surface area contributed by atoms with Gasteiger partial charge in [0.2, 0.25) is 6.33 Å². The Morgan fingerprint density at radius 3 is 2.38 bits per heavy atom. The molecule has 0 radical (unpaired) electrons. The Balaban J connectivity index is 2.91. The van der Waals surface area contributed by atoms with Crippen LogP contribution in [0.2, 0.25) is 0 Å². The summed E-state index contributed by atoms with van der Waals surface area (Å²) in [6.07, 6.45) is 7.64. The van der Waals surface area contributed by atoms with Crippen molar-refractivity contribution in [2.45, 2.75) is 52.6 Å². The van der Waals surface area contributed by atoms with Crippen molar-refractivity contribution in [1.82, 2.24) is 4.57 Å². The second-order valence-corrected chi connectivity index (χ2v) is 4.53. The molecule has 0 aliphatic rings. The maximum Gasteiger partial charge on any atom is 0.244 e. The van der Waals surface area contributed by atoms with Crippen molar-refractivity contribution in [1.29, 1.82) is 0 Å². The number of imidazole rings is 1. The van der Waals surface area contributed by atoms with Gasteiger partial charge in [-0.2, -0.15) is 0 Å². The first-order valence-electron chi connectivity index (χ1n) is 5.06. The highest BCUT2D eigenvalue weighted by atomic mass is 15.2. The van der Waals surface area contributed by atoms with Crippen LogP contribution in [0.3, 0.4) is 0 Å². The molecule has 1 aromatic rings. The van der Waals surface area contributed by atoms with E-state index in [1.165, 1.54) is 0 Å². The zero-order valence-corrected chi connectivity index (χ0v) is 9.41. The van der Waals surface area contributed by atoms with E-state index >= 15 is 0 Å². The van der Waals surface area contributed by atoms with E-state index < -0.39 is 0 Å². The molecule has 0 bridgehead atoms. The molecule has 0 saturated heterocycles. The standard InChI is InChI=1S/C11H21N2/c1-6-11(4,5)13-8-7-12(9-13)10(2)3/h7-10H,6H2,1-5H3/q+1. The summed E-state index contributed by atoms with van der Waals surface area (Å²) >= 11 is 0. The Hall–Kier alpha value is -0.790. The van der Waals surface area contributed by atoms with E-state index in [4.69, 9.17) is 0 Å². The van der Waals surface area contributed by atoms with Gasteiger partial charge in [-0.05, 0) is 34.1 Å². The largest absolute Gasteiger partial charge is 0.244 e. The molecule has 0 aromatic carbocycles. The smallest absolute Gasteiger partial charge is 0.235 e. The molecule has 1 heterocycles. The molecule has 0 fully saturated rings. The Morgan fingerprint density at radius 2 is 2.00 bits per heavy atom. The van der Waals surface area contributed by atoms with E-state index in [0.29, 0.717) is 6.04 Å². The third kappa shape index (κ3) is 2.11. The molecule has 0 amide bonds. The third-order valence-electron chi connectivity index (χ3n) is 2.82. The van der Waals surface area contributed by atoms with Crippen LogP contribution in [-0.2, 0) is 5.54 Å². The Morgan fingerprint density at radius 1 is 1.38 bits per heavy atom. The molecule has 0 aliphatic heterocycles. The van der Waals surface area contributed by atoms with Crippen molar-refractivity contribution < 1.29 is 4.57 Å². The summed E-state index contributed by atoms with van der Waals surface area (Å²) in [6, 6.07) is 0.550. The van der Waals surface area contributed by atoms with Crippen LogP contribution in [0.5, 0.6) is 0 Å². The molecule has 74 valence electrons. The van der Waals surface area contributed by atoms with Crippen LogP contribution in [0.15, 0.2) is 18.7 Å². The molecule has 2 heteroatoms. The number of hydrogen-bond donors (Lipinski definition) is 0. The lowest BCUT2D eigenvalue weighted by Gasteiger charge is -2.18. The lowest BCUT2D eigenvalue weighted by atomic mass is 10.0. The molecule has 0 N–H and O–H groups in total. The first-order valence-corrected chi connectivity index (χ1v) is 5.06. The Labute approximate surface area is 81.2 Å². The molecule has 0 spiro atoms. The Kier molecular flexibility index (Phi) is 2.79. The monoisotopic (exact) mass is 181 g/mol. The van der Waals surface area contributed by atoms with Gasteiger partial charge in [-0.1, -0.05) is 6.92 Å². The zero-order chi connectivity index (χ0) is 10.1. The van der Waals surface area contributed by atoms with Gasteiger partial charge in [-0.25, -0.2) is 9.13 Å². The van der Waals surface area contributed by atoms with Crippen LogP contribution < -0.4 is 4.57 Å². The molecule has 1 rings (SSSR count). The fourth-order valence-corrected chi connectivity index (χ4v) is 1.22. The average Bonchev–Trinajstić information content (AvgIpc) is 2.52. The molecule has 1 aromatic heterocycles. The van der Waals surface area contributed by atoms with Gasteiger partial charge >= 0.3 is 0 Å². The molecule has 0 atom stereocenters. The maximum absolute atomic E-state index is 2.28. The Bertz CT molecular complexity index is 271. The van der Waals surface area contributed by atoms with Crippen molar-refractivity contribution in [3.63, 3.8) is 0 Å². The van der Waals surface area contributed by atoms with Crippen molar-refractivity contribution >= 4 is 0 Å². The van der Waals surface area contributed by atoms with Crippen LogP contribution in [0.1, 0.15) is 47.1 Å². The van der Waals surface area contributed by atoms with Crippen molar-refractivity contribution in [3.05, 3.63) is 18.7 Å². The lowest BCUT2D eigenvalue weighted by Crippen LogP contribution is -2.35. The highest BCUT2D eigenvalue weighted by molar-refractivity contribution is 4.81.